The molecule has 2 amide bonds. The summed E-state index contributed by atoms with van der Waals surface area (Å²) in [5, 5.41) is 13.5. The van der Waals surface area contributed by atoms with Crippen LogP contribution in [0.3, 0.4) is 0 Å². The minimum Gasteiger partial charge on any atom is -0.329 e. The Morgan fingerprint density at radius 2 is 1.26 bits per heavy atom. The first-order chi connectivity index (χ1) is 18.8. The molecule has 0 saturated heterocycles. The molecule has 1 heterocycles. The van der Waals surface area contributed by atoms with Crippen LogP contribution in [0.5, 0.6) is 0 Å². The molecule has 1 atom stereocenters. The van der Waals surface area contributed by atoms with Crippen molar-refractivity contribution in [2.75, 3.05) is 10.6 Å². The summed E-state index contributed by atoms with van der Waals surface area (Å²) in [7, 11) is 0. The monoisotopic (exact) mass is 565 g/mol. The van der Waals surface area contributed by atoms with Crippen LogP contribution in [0.1, 0.15) is 27.6 Å². The van der Waals surface area contributed by atoms with Crippen molar-refractivity contribution in [1.82, 2.24) is 15.8 Å². The first-order valence-electron chi connectivity index (χ1n) is 11.5. The topological polar surface area (TPSA) is 110 Å². The van der Waals surface area contributed by atoms with Crippen molar-refractivity contribution in [2.45, 2.75) is 13.0 Å². The zero-order valence-electron chi connectivity index (χ0n) is 20.3. The summed E-state index contributed by atoms with van der Waals surface area (Å²) in [4.78, 5) is 27.1. The molecule has 198 valence electrons. The van der Waals surface area contributed by atoms with Gasteiger partial charge in [0.15, 0.2) is 10.2 Å². The van der Waals surface area contributed by atoms with Gasteiger partial charge in [-0.2, -0.15) is 10.2 Å². The third kappa shape index (κ3) is 6.45. The van der Waals surface area contributed by atoms with Crippen LogP contribution >= 0.6 is 24.4 Å². The van der Waals surface area contributed by atoms with Crippen molar-refractivity contribution in [3.8, 4) is 0 Å². The van der Waals surface area contributed by atoms with E-state index in [-0.39, 0.29) is 38.4 Å². The van der Waals surface area contributed by atoms with Gasteiger partial charge in [0.25, 0.3) is 11.8 Å². The molecule has 1 unspecified atom stereocenters. The highest BCUT2D eigenvalue weighted by atomic mass is 32.1. The molecule has 0 saturated carbocycles. The number of nitrogens with zero attached hydrogens (tertiary/aromatic N) is 3. The fourth-order valence-corrected chi connectivity index (χ4v) is 3.94. The highest BCUT2D eigenvalue weighted by Gasteiger charge is 2.39. The van der Waals surface area contributed by atoms with E-state index in [0.29, 0.717) is 0 Å². The van der Waals surface area contributed by atoms with Gasteiger partial charge in [-0.3, -0.25) is 25.3 Å². The first-order valence-corrected chi connectivity index (χ1v) is 12.3. The average Bonchev–Trinajstić information content (AvgIpc) is 3.18. The zero-order chi connectivity index (χ0) is 27.9. The molecule has 0 fully saturated rings. The number of imide groups is 1. The van der Waals surface area contributed by atoms with Gasteiger partial charge in [0, 0.05) is 0 Å². The van der Waals surface area contributed by atoms with Gasteiger partial charge in [0.2, 0.25) is 0 Å². The lowest BCUT2D eigenvalue weighted by atomic mass is 10.1. The summed E-state index contributed by atoms with van der Waals surface area (Å²) in [6.07, 6.45) is 1.22. The molecule has 4 rings (SSSR count). The van der Waals surface area contributed by atoms with Crippen LogP contribution in [0.15, 0.2) is 83.0 Å². The Morgan fingerprint density at radius 3 is 1.77 bits per heavy atom. The molecular weight excluding hydrogens is 544 g/mol. The van der Waals surface area contributed by atoms with E-state index in [4.69, 9.17) is 24.4 Å². The summed E-state index contributed by atoms with van der Waals surface area (Å²) >= 11 is 10.4. The molecule has 3 aromatic carbocycles. The van der Waals surface area contributed by atoms with E-state index in [1.54, 1.807) is 43.3 Å². The smallest absolute Gasteiger partial charge is 0.262 e. The van der Waals surface area contributed by atoms with Gasteiger partial charge in [-0.05, 0) is 67.8 Å². The predicted molar refractivity (Wildman–Crippen MR) is 154 cm³/mol. The number of benzene rings is 3. The van der Waals surface area contributed by atoms with Crippen LogP contribution in [-0.2, 0) is 0 Å². The van der Waals surface area contributed by atoms with Crippen LogP contribution in [-0.4, -0.2) is 44.9 Å². The number of nitrogens with one attached hydrogen (secondary N) is 4. The maximum atomic E-state index is 14.0. The number of halogens is 2. The van der Waals surface area contributed by atoms with Crippen LogP contribution in [0, 0.1) is 11.6 Å². The summed E-state index contributed by atoms with van der Waals surface area (Å²) < 4.78 is 27.9. The summed E-state index contributed by atoms with van der Waals surface area (Å²) in [5.41, 5.74) is 6.01. The third-order valence-electron chi connectivity index (χ3n) is 5.53. The first kappa shape index (κ1) is 27.4. The Kier molecular flexibility index (Phi) is 8.63. The number of rotatable bonds is 7. The molecule has 1 aliphatic rings. The Morgan fingerprint density at radius 1 is 0.795 bits per heavy atom. The van der Waals surface area contributed by atoms with Gasteiger partial charge < -0.3 is 10.6 Å². The standard InChI is InChI=1S/C26H21F2N7O2S2/c1-15(35-23(36)16-8-2-3-9-17(16)24(35)37)22(32-34-26(39)31-21-13-7-5-11-19(21)28)14-29-33-25(38)30-20-12-6-4-10-18(20)27/h2-15H,1H3,(H2,30,33,38)(H2,31,34,39)/b29-14+,32-22-. The molecule has 4 N–H and O–H groups in total. The van der Waals surface area contributed by atoms with Gasteiger partial charge in [0.05, 0.1) is 34.8 Å². The van der Waals surface area contributed by atoms with E-state index in [9.17, 15) is 18.4 Å². The lowest BCUT2D eigenvalue weighted by Gasteiger charge is -2.22. The molecular formula is C26H21F2N7O2S2. The van der Waals surface area contributed by atoms with Crippen molar-refractivity contribution in [3.05, 3.63) is 95.6 Å². The van der Waals surface area contributed by atoms with Gasteiger partial charge in [-0.25, -0.2) is 8.78 Å². The van der Waals surface area contributed by atoms with E-state index >= 15 is 0 Å². The number of amides is 2. The number of carbonyl (C=O) groups is 2. The fraction of sp³-hybridized carbons (Fsp3) is 0.0769. The molecule has 0 bridgehead atoms. The number of hydrazone groups is 2. The minimum atomic E-state index is -0.903. The molecule has 0 radical (unpaired) electrons. The van der Waals surface area contributed by atoms with Crippen molar-refractivity contribution >= 4 is 69.8 Å². The summed E-state index contributed by atoms with van der Waals surface area (Å²) in [5.74, 6) is -2.03. The largest absolute Gasteiger partial charge is 0.329 e. The normalized spacial score (nSPS) is 13.7. The summed E-state index contributed by atoms with van der Waals surface area (Å²) in [6, 6.07) is 17.4. The van der Waals surface area contributed by atoms with E-state index in [1.807, 2.05) is 0 Å². The SMILES string of the molecule is CC(C(/C=N/NC(=S)Nc1ccccc1F)=N\NC(=S)Nc1ccccc1F)N1C(=O)c2ccccc2C1=O. The molecule has 39 heavy (non-hydrogen) atoms. The molecule has 0 aromatic heterocycles. The second-order valence-corrected chi connectivity index (χ2v) is 8.90. The number of para-hydroxylation sites is 2. The molecule has 0 aliphatic carbocycles. The van der Waals surface area contributed by atoms with Crippen molar-refractivity contribution in [3.63, 3.8) is 0 Å². The number of hydrogen-bond acceptors (Lipinski definition) is 6. The fourth-order valence-electron chi connectivity index (χ4n) is 3.62. The predicted octanol–water partition coefficient (Wildman–Crippen LogP) is 4.26. The van der Waals surface area contributed by atoms with E-state index in [1.165, 1.54) is 42.6 Å². The third-order valence-corrected chi connectivity index (χ3v) is 5.92. The Bertz CT molecular complexity index is 1480. The van der Waals surface area contributed by atoms with Gasteiger partial charge >= 0.3 is 0 Å². The van der Waals surface area contributed by atoms with E-state index < -0.39 is 29.5 Å². The highest BCUT2D eigenvalue weighted by molar-refractivity contribution is 7.80. The number of carbonyl (C=O) groups excluding carboxylic acids is 2. The van der Waals surface area contributed by atoms with Gasteiger partial charge in [0.1, 0.15) is 17.3 Å². The van der Waals surface area contributed by atoms with E-state index in [2.05, 4.69) is 31.7 Å². The second kappa shape index (κ2) is 12.3. The Balaban J connectivity index is 1.52. The van der Waals surface area contributed by atoms with Crippen LogP contribution < -0.4 is 21.5 Å². The lowest BCUT2D eigenvalue weighted by Crippen LogP contribution is -2.44. The number of fused-ring (bicyclic) bond motifs is 1. The van der Waals surface area contributed by atoms with Crippen molar-refractivity contribution in [1.29, 1.82) is 0 Å². The average molecular weight is 566 g/mol. The number of anilines is 2. The van der Waals surface area contributed by atoms with Crippen molar-refractivity contribution < 1.29 is 18.4 Å². The molecule has 3 aromatic rings. The van der Waals surface area contributed by atoms with Crippen LogP contribution in [0.4, 0.5) is 20.2 Å². The highest BCUT2D eigenvalue weighted by Crippen LogP contribution is 2.24. The molecule has 13 heteroatoms. The van der Waals surface area contributed by atoms with Gasteiger partial charge in [-0.1, -0.05) is 36.4 Å². The maximum Gasteiger partial charge on any atom is 0.262 e. The Labute approximate surface area is 233 Å². The number of hydrogen-bond donors (Lipinski definition) is 4. The maximum absolute atomic E-state index is 14.0. The molecule has 0 spiro atoms. The van der Waals surface area contributed by atoms with Crippen molar-refractivity contribution in [2.24, 2.45) is 10.2 Å². The number of thiocarbonyl (C=S) groups is 2. The zero-order valence-corrected chi connectivity index (χ0v) is 21.9. The Hall–Kier alpha value is -4.62. The van der Waals surface area contributed by atoms with Gasteiger partial charge in [-0.15, -0.1) is 0 Å². The molecule has 9 nitrogen and oxygen atoms in total. The minimum absolute atomic E-state index is 0.0196. The summed E-state index contributed by atoms with van der Waals surface area (Å²) in [6.45, 7) is 1.58. The molecule has 1 aliphatic heterocycles. The van der Waals surface area contributed by atoms with E-state index in [0.717, 1.165) is 4.90 Å². The van der Waals surface area contributed by atoms with Crippen LogP contribution in [0.25, 0.3) is 0 Å². The lowest BCUT2D eigenvalue weighted by molar-refractivity contribution is 0.0636. The quantitative estimate of drug-likeness (QED) is 0.146. The second-order valence-electron chi connectivity index (χ2n) is 8.09. The van der Waals surface area contributed by atoms with Crippen LogP contribution in [0.2, 0.25) is 0 Å².